The van der Waals surface area contributed by atoms with Crippen LogP contribution in [0.3, 0.4) is 0 Å². The van der Waals surface area contributed by atoms with Gasteiger partial charge in [-0.1, -0.05) is 6.92 Å². The molecule has 0 aromatic heterocycles. The standard InChI is InChI=1S/C11H22N2O2/c1-8-6-9(2)13(7-8)5-4-10(12)11(14)15-3/h8-10H,4-7,12H2,1-3H3. The van der Waals surface area contributed by atoms with Crippen molar-refractivity contribution in [3.05, 3.63) is 0 Å². The third-order valence-electron chi connectivity index (χ3n) is 3.14. The highest BCUT2D eigenvalue weighted by atomic mass is 16.5. The largest absolute Gasteiger partial charge is 0.468 e. The van der Waals surface area contributed by atoms with E-state index in [1.54, 1.807) is 0 Å². The fourth-order valence-electron chi connectivity index (χ4n) is 2.27. The Morgan fingerprint density at radius 1 is 1.60 bits per heavy atom. The number of hydrogen-bond acceptors (Lipinski definition) is 4. The van der Waals surface area contributed by atoms with Crippen molar-refractivity contribution < 1.29 is 9.53 Å². The molecular weight excluding hydrogens is 192 g/mol. The molecule has 0 aromatic rings. The van der Waals surface area contributed by atoms with Crippen LogP contribution in [0.2, 0.25) is 0 Å². The summed E-state index contributed by atoms with van der Waals surface area (Å²) in [4.78, 5) is 13.5. The van der Waals surface area contributed by atoms with Crippen LogP contribution in [0.15, 0.2) is 0 Å². The Hall–Kier alpha value is -0.610. The van der Waals surface area contributed by atoms with Gasteiger partial charge in [0.2, 0.25) is 0 Å². The molecule has 1 aliphatic rings. The first-order valence-corrected chi connectivity index (χ1v) is 5.62. The van der Waals surface area contributed by atoms with Gasteiger partial charge in [-0.05, 0) is 25.7 Å². The van der Waals surface area contributed by atoms with E-state index in [0.29, 0.717) is 12.5 Å². The van der Waals surface area contributed by atoms with Crippen molar-refractivity contribution in [3.63, 3.8) is 0 Å². The quantitative estimate of drug-likeness (QED) is 0.697. The monoisotopic (exact) mass is 214 g/mol. The molecule has 3 atom stereocenters. The third kappa shape index (κ3) is 3.47. The minimum Gasteiger partial charge on any atom is -0.468 e. The molecule has 0 radical (unpaired) electrons. The smallest absolute Gasteiger partial charge is 0.322 e. The molecular formula is C11H22N2O2. The number of ether oxygens (including phenoxy) is 1. The number of esters is 1. The number of likely N-dealkylation sites (tertiary alicyclic amines) is 1. The van der Waals surface area contributed by atoms with Gasteiger partial charge in [-0.3, -0.25) is 4.79 Å². The molecule has 1 heterocycles. The number of nitrogens with two attached hydrogens (primary N) is 1. The van der Waals surface area contributed by atoms with Gasteiger partial charge in [0, 0.05) is 19.1 Å². The summed E-state index contributed by atoms with van der Waals surface area (Å²) in [7, 11) is 1.38. The Morgan fingerprint density at radius 3 is 2.73 bits per heavy atom. The number of methoxy groups -OCH3 is 1. The van der Waals surface area contributed by atoms with Crippen LogP contribution in [0.1, 0.15) is 26.7 Å². The van der Waals surface area contributed by atoms with E-state index >= 15 is 0 Å². The van der Waals surface area contributed by atoms with Crippen LogP contribution < -0.4 is 5.73 Å². The molecule has 3 unspecified atom stereocenters. The van der Waals surface area contributed by atoms with Gasteiger partial charge in [-0.15, -0.1) is 0 Å². The Labute approximate surface area is 91.8 Å². The molecule has 0 aliphatic carbocycles. The molecule has 1 saturated heterocycles. The molecule has 0 saturated carbocycles. The van der Waals surface area contributed by atoms with Crippen molar-refractivity contribution in [1.29, 1.82) is 0 Å². The van der Waals surface area contributed by atoms with E-state index in [1.807, 2.05) is 0 Å². The lowest BCUT2D eigenvalue weighted by Crippen LogP contribution is -2.37. The first-order valence-electron chi connectivity index (χ1n) is 5.62. The van der Waals surface area contributed by atoms with Crippen molar-refractivity contribution in [1.82, 2.24) is 4.90 Å². The summed E-state index contributed by atoms with van der Waals surface area (Å²) < 4.78 is 4.59. The number of carbonyl (C=O) groups is 1. The molecule has 88 valence electrons. The number of hydrogen-bond donors (Lipinski definition) is 1. The van der Waals surface area contributed by atoms with E-state index in [-0.39, 0.29) is 5.97 Å². The zero-order valence-electron chi connectivity index (χ0n) is 9.90. The topological polar surface area (TPSA) is 55.6 Å². The van der Waals surface area contributed by atoms with Crippen LogP contribution >= 0.6 is 0 Å². The minimum atomic E-state index is -0.474. The Bertz CT molecular complexity index is 221. The van der Waals surface area contributed by atoms with Gasteiger partial charge in [-0.25, -0.2) is 0 Å². The Morgan fingerprint density at radius 2 is 2.27 bits per heavy atom. The first-order chi connectivity index (χ1) is 7.04. The summed E-state index contributed by atoms with van der Waals surface area (Å²) in [5, 5.41) is 0. The van der Waals surface area contributed by atoms with Gasteiger partial charge >= 0.3 is 5.97 Å². The maximum Gasteiger partial charge on any atom is 0.322 e. The summed E-state index contributed by atoms with van der Waals surface area (Å²) in [5.41, 5.74) is 5.68. The summed E-state index contributed by atoms with van der Waals surface area (Å²) in [6.45, 7) is 6.50. The van der Waals surface area contributed by atoms with Crippen molar-refractivity contribution in [2.45, 2.75) is 38.8 Å². The fraction of sp³-hybridized carbons (Fsp3) is 0.909. The Balaban J connectivity index is 2.28. The minimum absolute atomic E-state index is 0.310. The molecule has 2 N–H and O–H groups in total. The predicted octanol–water partition coefficient (Wildman–Crippen LogP) is 0.607. The summed E-state index contributed by atoms with van der Waals surface area (Å²) in [6, 6.07) is 0.142. The first kappa shape index (κ1) is 12.5. The van der Waals surface area contributed by atoms with Crippen LogP contribution in [-0.4, -0.2) is 43.2 Å². The number of nitrogens with zero attached hydrogens (tertiary/aromatic N) is 1. The highest BCUT2D eigenvalue weighted by Gasteiger charge is 2.26. The van der Waals surface area contributed by atoms with Gasteiger partial charge in [-0.2, -0.15) is 0 Å². The molecule has 1 aliphatic heterocycles. The fourth-order valence-corrected chi connectivity index (χ4v) is 2.27. The zero-order chi connectivity index (χ0) is 11.4. The molecule has 0 aromatic carbocycles. The second-order valence-electron chi connectivity index (χ2n) is 4.60. The van der Waals surface area contributed by atoms with Crippen molar-refractivity contribution in [2.75, 3.05) is 20.2 Å². The lowest BCUT2D eigenvalue weighted by Gasteiger charge is -2.22. The maximum absolute atomic E-state index is 11.1. The van der Waals surface area contributed by atoms with Crippen LogP contribution in [0.4, 0.5) is 0 Å². The SMILES string of the molecule is COC(=O)C(N)CCN1CC(C)CC1C. The number of rotatable bonds is 4. The molecule has 1 fully saturated rings. The van der Waals surface area contributed by atoms with E-state index in [9.17, 15) is 4.79 Å². The molecule has 0 bridgehead atoms. The second kappa shape index (κ2) is 5.47. The van der Waals surface area contributed by atoms with E-state index in [0.717, 1.165) is 19.0 Å². The average molecular weight is 214 g/mol. The van der Waals surface area contributed by atoms with Crippen molar-refractivity contribution in [2.24, 2.45) is 11.7 Å². The highest BCUT2D eigenvalue weighted by molar-refractivity contribution is 5.75. The highest BCUT2D eigenvalue weighted by Crippen LogP contribution is 2.22. The lowest BCUT2D eigenvalue weighted by atomic mass is 10.1. The average Bonchev–Trinajstić information content (AvgIpc) is 2.52. The molecule has 4 nitrogen and oxygen atoms in total. The van der Waals surface area contributed by atoms with Gasteiger partial charge in [0.15, 0.2) is 0 Å². The third-order valence-corrected chi connectivity index (χ3v) is 3.14. The van der Waals surface area contributed by atoms with E-state index < -0.39 is 6.04 Å². The van der Waals surface area contributed by atoms with Crippen LogP contribution in [-0.2, 0) is 9.53 Å². The summed E-state index contributed by atoms with van der Waals surface area (Å²) >= 11 is 0. The maximum atomic E-state index is 11.1. The molecule has 4 heteroatoms. The van der Waals surface area contributed by atoms with Crippen LogP contribution in [0.25, 0.3) is 0 Å². The van der Waals surface area contributed by atoms with Gasteiger partial charge < -0.3 is 15.4 Å². The molecule has 0 amide bonds. The zero-order valence-corrected chi connectivity index (χ0v) is 9.90. The summed E-state index contributed by atoms with van der Waals surface area (Å²) in [6.07, 6.45) is 1.93. The van der Waals surface area contributed by atoms with E-state index in [4.69, 9.17) is 5.73 Å². The molecule has 15 heavy (non-hydrogen) atoms. The van der Waals surface area contributed by atoms with Crippen LogP contribution in [0.5, 0.6) is 0 Å². The Kier molecular flexibility index (Phi) is 4.54. The normalized spacial score (nSPS) is 29.1. The van der Waals surface area contributed by atoms with Gasteiger partial charge in [0.25, 0.3) is 0 Å². The van der Waals surface area contributed by atoms with Gasteiger partial charge in [0.05, 0.1) is 7.11 Å². The lowest BCUT2D eigenvalue weighted by molar-refractivity contribution is -0.142. The van der Waals surface area contributed by atoms with Crippen LogP contribution in [0, 0.1) is 5.92 Å². The second-order valence-corrected chi connectivity index (χ2v) is 4.60. The van der Waals surface area contributed by atoms with Gasteiger partial charge in [0.1, 0.15) is 6.04 Å². The predicted molar refractivity (Wildman–Crippen MR) is 59.4 cm³/mol. The van der Waals surface area contributed by atoms with Crippen molar-refractivity contribution in [3.8, 4) is 0 Å². The molecule has 1 rings (SSSR count). The summed E-state index contributed by atoms with van der Waals surface area (Å²) in [5.74, 6) is 0.448. The van der Waals surface area contributed by atoms with E-state index in [1.165, 1.54) is 13.5 Å². The molecule has 0 spiro atoms. The number of carbonyl (C=O) groups excluding carboxylic acids is 1. The van der Waals surface area contributed by atoms with Crippen molar-refractivity contribution >= 4 is 5.97 Å². The van der Waals surface area contributed by atoms with E-state index in [2.05, 4.69) is 23.5 Å².